The van der Waals surface area contributed by atoms with Gasteiger partial charge in [-0.3, -0.25) is 4.79 Å². The molecule has 1 aliphatic rings. The number of amides is 1. The molecule has 1 aromatic carbocycles. The molecule has 0 saturated heterocycles. The molecule has 0 aliphatic heterocycles. The summed E-state index contributed by atoms with van der Waals surface area (Å²) >= 11 is 5.88. The predicted molar refractivity (Wildman–Crippen MR) is 79.5 cm³/mol. The van der Waals surface area contributed by atoms with E-state index in [1.165, 1.54) is 32.1 Å². The molecule has 1 saturated carbocycles. The van der Waals surface area contributed by atoms with Crippen LogP contribution < -0.4 is 5.32 Å². The zero-order valence-corrected chi connectivity index (χ0v) is 12.2. The Morgan fingerprint density at radius 1 is 1.32 bits per heavy atom. The van der Waals surface area contributed by atoms with Crippen molar-refractivity contribution in [1.29, 1.82) is 0 Å². The highest BCUT2D eigenvalue weighted by atomic mass is 35.5. The number of carbonyl (C=O) groups excluding carboxylic acids is 1. The van der Waals surface area contributed by atoms with Gasteiger partial charge in [0.1, 0.15) is 0 Å². The Morgan fingerprint density at radius 2 is 2.00 bits per heavy atom. The second kappa shape index (κ2) is 6.95. The quantitative estimate of drug-likeness (QED) is 0.825. The van der Waals surface area contributed by atoms with Crippen LogP contribution >= 0.6 is 11.6 Å². The number of nitrogens with one attached hydrogen (secondary N) is 1. The molecule has 1 aromatic rings. The molecule has 104 valence electrons. The molecule has 0 heterocycles. The van der Waals surface area contributed by atoms with E-state index in [1.807, 2.05) is 24.3 Å². The fourth-order valence-electron chi connectivity index (χ4n) is 2.89. The summed E-state index contributed by atoms with van der Waals surface area (Å²) in [5.41, 5.74) is 1.61. The lowest BCUT2D eigenvalue weighted by molar-refractivity contribution is 0.0918. The molecule has 1 unspecified atom stereocenters. The molecule has 1 aliphatic carbocycles. The zero-order chi connectivity index (χ0) is 13.7. The second-order valence-electron chi connectivity index (χ2n) is 5.45. The van der Waals surface area contributed by atoms with Crippen LogP contribution in [0.3, 0.4) is 0 Å². The van der Waals surface area contributed by atoms with Gasteiger partial charge in [0, 0.05) is 17.5 Å². The van der Waals surface area contributed by atoms with Crippen LogP contribution in [-0.2, 0) is 5.88 Å². The molecule has 0 radical (unpaired) electrons. The first-order valence-electron chi connectivity index (χ1n) is 7.17. The van der Waals surface area contributed by atoms with Gasteiger partial charge in [0.25, 0.3) is 5.91 Å². The maximum absolute atomic E-state index is 12.3. The highest BCUT2D eigenvalue weighted by Crippen LogP contribution is 2.26. The zero-order valence-electron chi connectivity index (χ0n) is 11.5. The SMILES string of the molecule is CC(NC(=O)c1ccccc1CCl)C1CCCCC1. The van der Waals surface area contributed by atoms with Crippen LogP contribution in [-0.4, -0.2) is 11.9 Å². The van der Waals surface area contributed by atoms with Crippen molar-refractivity contribution in [3.8, 4) is 0 Å². The van der Waals surface area contributed by atoms with Crippen molar-refractivity contribution < 1.29 is 4.79 Å². The summed E-state index contributed by atoms with van der Waals surface area (Å²) in [6.45, 7) is 2.12. The summed E-state index contributed by atoms with van der Waals surface area (Å²) < 4.78 is 0. The van der Waals surface area contributed by atoms with Crippen LogP contribution in [0.2, 0.25) is 0 Å². The molecule has 1 atom stereocenters. The third kappa shape index (κ3) is 3.73. The van der Waals surface area contributed by atoms with Crippen LogP contribution in [0.1, 0.15) is 54.9 Å². The molecule has 0 aromatic heterocycles. The minimum atomic E-state index is 0.00863. The van der Waals surface area contributed by atoms with E-state index in [-0.39, 0.29) is 11.9 Å². The van der Waals surface area contributed by atoms with Crippen LogP contribution in [0.4, 0.5) is 0 Å². The average molecular weight is 280 g/mol. The summed E-state index contributed by atoms with van der Waals surface area (Å²) in [5, 5.41) is 3.14. The molecule has 0 spiro atoms. The molecule has 0 bridgehead atoms. The van der Waals surface area contributed by atoms with E-state index in [4.69, 9.17) is 11.6 Å². The number of alkyl halides is 1. The topological polar surface area (TPSA) is 29.1 Å². The maximum Gasteiger partial charge on any atom is 0.251 e. The fourth-order valence-corrected chi connectivity index (χ4v) is 3.13. The van der Waals surface area contributed by atoms with E-state index < -0.39 is 0 Å². The largest absolute Gasteiger partial charge is 0.349 e. The first kappa shape index (κ1) is 14.4. The van der Waals surface area contributed by atoms with E-state index in [2.05, 4.69) is 12.2 Å². The maximum atomic E-state index is 12.3. The molecule has 2 nitrogen and oxygen atoms in total. The van der Waals surface area contributed by atoms with Gasteiger partial charge in [0.05, 0.1) is 0 Å². The highest BCUT2D eigenvalue weighted by molar-refractivity contribution is 6.17. The van der Waals surface area contributed by atoms with Gasteiger partial charge in [-0.25, -0.2) is 0 Å². The summed E-state index contributed by atoms with van der Waals surface area (Å²) in [4.78, 5) is 12.3. The van der Waals surface area contributed by atoms with Crippen molar-refractivity contribution in [2.24, 2.45) is 5.92 Å². The first-order chi connectivity index (χ1) is 9.22. The number of hydrogen-bond acceptors (Lipinski definition) is 1. The summed E-state index contributed by atoms with van der Waals surface area (Å²) in [6.07, 6.45) is 6.40. The van der Waals surface area contributed by atoms with Crippen molar-refractivity contribution in [3.63, 3.8) is 0 Å². The molecule has 1 fully saturated rings. The Morgan fingerprint density at radius 3 is 2.68 bits per heavy atom. The summed E-state index contributed by atoms with van der Waals surface area (Å²) in [7, 11) is 0. The third-order valence-electron chi connectivity index (χ3n) is 4.12. The van der Waals surface area contributed by atoms with Crippen LogP contribution in [0, 0.1) is 5.92 Å². The smallest absolute Gasteiger partial charge is 0.251 e. The van der Waals surface area contributed by atoms with Gasteiger partial charge in [0.15, 0.2) is 0 Å². The van der Waals surface area contributed by atoms with Gasteiger partial charge >= 0.3 is 0 Å². The third-order valence-corrected chi connectivity index (χ3v) is 4.41. The Kier molecular flexibility index (Phi) is 5.26. The number of hydrogen-bond donors (Lipinski definition) is 1. The normalized spacial score (nSPS) is 18.0. The van der Waals surface area contributed by atoms with E-state index in [9.17, 15) is 4.79 Å². The molecule has 2 rings (SSSR count). The van der Waals surface area contributed by atoms with Crippen LogP contribution in [0.15, 0.2) is 24.3 Å². The van der Waals surface area contributed by atoms with Gasteiger partial charge in [0.2, 0.25) is 0 Å². The monoisotopic (exact) mass is 279 g/mol. The van der Waals surface area contributed by atoms with Gasteiger partial charge in [-0.1, -0.05) is 37.5 Å². The van der Waals surface area contributed by atoms with Crippen molar-refractivity contribution in [3.05, 3.63) is 35.4 Å². The minimum absolute atomic E-state index is 0.00863. The number of rotatable bonds is 4. The number of carbonyl (C=O) groups is 1. The van der Waals surface area contributed by atoms with Gasteiger partial charge in [-0.2, -0.15) is 0 Å². The summed E-state index contributed by atoms with van der Waals surface area (Å²) in [6, 6.07) is 7.81. The molecular formula is C16H22ClNO. The number of halogens is 1. The van der Waals surface area contributed by atoms with Crippen molar-refractivity contribution in [2.75, 3.05) is 0 Å². The van der Waals surface area contributed by atoms with Crippen molar-refractivity contribution >= 4 is 17.5 Å². The second-order valence-corrected chi connectivity index (χ2v) is 5.72. The molecule has 1 N–H and O–H groups in total. The van der Waals surface area contributed by atoms with E-state index >= 15 is 0 Å². The molecule has 1 amide bonds. The standard InChI is InChI=1S/C16H22ClNO/c1-12(13-7-3-2-4-8-13)18-16(19)15-10-6-5-9-14(15)11-17/h5-6,9-10,12-13H,2-4,7-8,11H2,1H3,(H,18,19). The average Bonchev–Trinajstić information content (AvgIpc) is 2.48. The Labute approximate surface area is 120 Å². The van der Waals surface area contributed by atoms with E-state index in [0.29, 0.717) is 17.4 Å². The molecule has 19 heavy (non-hydrogen) atoms. The molecule has 3 heteroatoms. The minimum Gasteiger partial charge on any atom is -0.349 e. The van der Waals surface area contributed by atoms with E-state index in [1.54, 1.807) is 0 Å². The predicted octanol–water partition coefficient (Wildman–Crippen LogP) is 4.12. The Bertz CT molecular complexity index is 427. The lowest BCUT2D eigenvalue weighted by atomic mass is 9.84. The molecular weight excluding hydrogens is 258 g/mol. The Hall–Kier alpha value is -1.02. The van der Waals surface area contributed by atoms with Crippen molar-refractivity contribution in [1.82, 2.24) is 5.32 Å². The highest BCUT2D eigenvalue weighted by Gasteiger charge is 2.22. The van der Waals surface area contributed by atoms with Crippen molar-refractivity contribution in [2.45, 2.75) is 50.9 Å². The van der Waals surface area contributed by atoms with Gasteiger partial charge in [-0.05, 0) is 37.3 Å². The summed E-state index contributed by atoms with van der Waals surface area (Å²) in [5.74, 6) is 1.01. The van der Waals surface area contributed by atoms with Gasteiger partial charge < -0.3 is 5.32 Å². The van der Waals surface area contributed by atoms with Crippen LogP contribution in [0.25, 0.3) is 0 Å². The lowest BCUT2D eigenvalue weighted by Gasteiger charge is -2.28. The fraction of sp³-hybridized carbons (Fsp3) is 0.562. The first-order valence-corrected chi connectivity index (χ1v) is 7.70. The van der Waals surface area contributed by atoms with Gasteiger partial charge in [-0.15, -0.1) is 11.6 Å². The Balaban J connectivity index is 1.99. The number of benzene rings is 1. The van der Waals surface area contributed by atoms with Crippen LogP contribution in [0.5, 0.6) is 0 Å². The van der Waals surface area contributed by atoms with E-state index in [0.717, 1.165) is 5.56 Å². The lowest BCUT2D eigenvalue weighted by Crippen LogP contribution is -2.39.